The molecule has 0 aliphatic carbocycles. The quantitative estimate of drug-likeness (QED) is 0.309. The zero-order chi connectivity index (χ0) is 18.8. The fourth-order valence-electron chi connectivity index (χ4n) is 2.49. The SMILES string of the molecule is O=C1NC(=O)C(=Cc2ccc(CC3C(=O)NC(=O)NC3=O)cc2)C(=O)N1. The van der Waals surface area contributed by atoms with Gasteiger partial charge in [-0.2, -0.15) is 0 Å². The molecule has 3 rings (SSSR count). The smallest absolute Gasteiger partial charge is 0.277 e. The predicted octanol–water partition coefficient (Wildman–Crippen LogP) is -1.04. The van der Waals surface area contributed by atoms with E-state index >= 15 is 0 Å². The average Bonchev–Trinajstić information content (AvgIpc) is 2.55. The van der Waals surface area contributed by atoms with E-state index < -0.39 is 41.6 Å². The molecule has 2 aliphatic heterocycles. The second kappa shape index (κ2) is 6.59. The van der Waals surface area contributed by atoms with Crippen LogP contribution in [0.5, 0.6) is 0 Å². The van der Waals surface area contributed by atoms with Crippen LogP contribution in [-0.2, 0) is 25.6 Å². The van der Waals surface area contributed by atoms with Gasteiger partial charge in [-0.25, -0.2) is 9.59 Å². The summed E-state index contributed by atoms with van der Waals surface area (Å²) in [4.78, 5) is 68.8. The van der Waals surface area contributed by atoms with E-state index in [4.69, 9.17) is 0 Å². The zero-order valence-corrected chi connectivity index (χ0v) is 13.1. The van der Waals surface area contributed by atoms with E-state index in [0.29, 0.717) is 11.1 Å². The number of urea groups is 2. The van der Waals surface area contributed by atoms with Gasteiger partial charge < -0.3 is 0 Å². The molecule has 26 heavy (non-hydrogen) atoms. The summed E-state index contributed by atoms with van der Waals surface area (Å²) in [5.41, 5.74) is 0.933. The van der Waals surface area contributed by atoms with Gasteiger partial charge in [0.25, 0.3) is 11.8 Å². The van der Waals surface area contributed by atoms with Crippen LogP contribution in [0.1, 0.15) is 11.1 Å². The minimum atomic E-state index is -1.03. The molecule has 2 fully saturated rings. The van der Waals surface area contributed by atoms with Gasteiger partial charge in [0.15, 0.2) is 0 Å². The third-order valence-corrected chi connectivity index (χ3v) is 3.78. The molecule has 10 nitrogen and oxygen atoms in total. The molecule has 1 aromatic carbocycles. The molecular formula is C16H12N4O6. The van der Waals surface area contributed by atoms with E-state index in [1.807, 2.05) is 21.3 Å². The van der Waals surface area contributed by atoms with Crippen LogP contribution in [0.4, 0.5) is 9.59 Å². The Morgan fingerprint density at radius 2 is 1.23 bits per heavy atom. The molecule has 0 atom stereocenters. The molecule has 0 spiro atoms. The average molecular weight is 356 g/mol. The van der Waals surface area contributed by atoms with Gasteiger partial charge in [-0.3, -0.25) is 40.4 Å². The molecule has 2 aliphatic rings. The lowest BCUT2D eigenvalue weighted by atomic mass is 9.95. The Bertz CT molecular complexity index is 845. The third kappa shape index (κ3) is 3.48. The number of amides is 8. The number of carbonyl (C=O) groups excluding carboxylic acids is 6. The van der Waals surface area contributed by atoms with Crippen molar-refractivity contribution in [2.45, 2.75) is 6.42 Å². The molecular weight excluding hydrogens is 344 g/mol. The van der Waals surface area contributed by atoms with Crippen molar-refractivity contribution < 1.29 is 28.8 Å². The molecule has 4 N–H and O–H groups in total. The van der Waals surface area contributed by atoms with Gasteiger partial charge in [0.1, 0.15) is 11.5 Å². The number of nitrogens with one attached hydrogen (secondary N) is 4. The maximum Gasteiger partial charge on any atom is 0.328 e. The van der Waals surface area contributed by atoms with Crippen LogP contribution in [0.3, 0.4) is 0 Å². The van der Waals surface area contributed by atoms with Crippen molar-refractivity contribution in [2.75, 3.05) is 0 Å². The van der Waals surface area contributed by atoms with Gasteiger partial charge in [-0.05, 0) is 23.6 Å². The van der Waals surface area contributed by atoms with E-state index in [1.54, 1.807) is 24.3 Å². The minimum Gasteiger partial charge on any atom is -0.277 e. The fraction of sp³-hybridized carbons (Fsp3) is 0.125. The van der Waals surface area contributed by atoms with Crippen molar-refractivity contribution in [3.05, 3.63) is 41.0 Å². The Hall–Kier alpha value is -3.82. The number of benzene rings is 1. The van der Waals surface area contributed by atoms with E-state index in [-0.39, 0.29) is 12.0 Å². The summed E-state index contributed by atoms with van der Waals surface area (Å²) >= 11 is 0. The number of imide groups is 4. The molecule has 0 aromatic heterocycles. The first-order valence-electron chi connectivity index (χ1n) is 7.46. The molecule has 1 aromatic rings. The van der Waals surface area contributed by atoms with Gasteiger partial charge >= 0.3 is 12.1 Å². The Labute approximate surface area is 146 Å². The first kappa shape index (κ1) is 17.0. The largest absolute Gasteiger partial charge is 0.328 e. The summed E-state index contributed by atoms with van der Waals surface area (Å²) in [7, 11) is 0. The van der Waals surface area contributed by atoms with E-state index in [2.05, 4.69) is 0 Å². The van der Waals surface area contributed by atoms with Crippen molar-refractivity contribution in [1.29, 1.82) is 0 Å². The highest BCUT2D eigenvalue weighted by Gasteiger charge is 2.34. The highest BCUT2D eigenvalue weighted by Crippen LogP contribution is 2.15. The maximum absolute atomic E-state index is 11.7. The summed E-state index contributed by atoms with van der Waals surface area (Å²) in [6.07, 6.45) is 1.39. The van der Waals surface area contributed by atoms with E-state index in [0.717, 1.165) is 0 Å². The number of rotatable bonds is 3. The lowest BCUT2D eigenvalue weighted by Crippen LogP contribution is -2.56. The van der Waals surface area contributed by atoms with Gasteiger partial charge in [-0.15, -0.1) is 0 Å². The van der Waals surface area contributed by atoms with Crippen LogP contribution in [0.25, 0.3) is 6.08 Å². The topological polar surface area (TPSA) is 151 Å². The first-order chi connectivity index (χ1) is 12.3. The highest BCUT2D eigenvalue weighted by atomic mass is 16.2. The molecule has 0 bridgehead atoms. The molecule has 132 valence electrons. The number of hydrogen-bond acceptors (Lipinski definition) is 6. The fourth-order valence-corrected chi connectivity index (χ4v) is 2.49. The Kier molecular flexibility index (Phi) is 4.31. The zero-order valence-electron chi connectivity index (χ0n) is 13.1. The predicted molar refractivity (Wildman–Crippen MR) is 85.0 cm³/mol. The molecule has 0 radical (unpaired) electrons. The van der Waals surface area contributed by atoms with Crippen LogP contribution >= 0.6 is 0 Å². The number of barbiturate groups is 2. The Morgan fingerprint density at radius 3 is 1.77 bits per heavy atom. The van der Waals surface area contributed by atoms with Gasteiger partial charge in [0.05, 0.1) is 0 Å². The summed E-state index contributed by atoms with van der Waals surface area (Å²) in [6.45, 7) is 0. The molecule has 0 saturated carbocycles. The van der Waals surface area contributed by atoms with Crippen molar-refractivity contribution >= 4 is 41.8 Å². The molecule has 8 amide bonds. The second-order valence-corrected chi connectivity index (χ2v) is 5.60. The summed E-state index contributed by atoms with van der Waals surface area (Å²) in [5, 5.41) is 7.98. The molecule has 10 heteroatoms. The van der Waals surface area contributed by atoms with Crippen molar-refractivity contribution in [2.24, 2.45) is 5.92 Å². The third-order valence-electron chi connectivity index (χ3n) is 3.78. The van der Waals surface area contributed by atoms with E-state index in [1.165, 1.54) is 6.08 Å². The standard InChI is InChI=1S/C16H12N4O6/c21-11-9(12(22)18-15(25)17-11)5-7-1-2-8(4-3-7)6-10-13(23)19-16(26)20-14(10)24/h1-5,10H,6H2,(H2,17,18,21,22,25)(H2,19,20,23,24,26). The van der Waals surface area contributed by atoms with Crippen molar-refractivity contribution in [3.63, 3.8) is 0 Å². The Balaban J connectivity index is 1.74. The lowest BCUT2D eigenvalue weighted by Gasteiger charge is -2.20. The van der Waals surface area contributed by atoms with Gasteiger partial charge in [-0.1, -0.05) is 24.3 Å². The normalized spacial score (nSPS) is 18.1. The second-order valence-electron chi connectivity index (χ2n) is 5.60. The summed E-state index contributed by atoms with van der Waals surface area (Å²) in [6, 6.07) is 4.68. The van der Waals surface area contributed by atoms with Gasteiger partial charge in [0.2, 0.25) is 11.8 Å². The van der Waals surface area contributed by atoms with E-state index in [9.17, 15) is 28.8 Å². The molecule has 0 unspecified atom stereocenters. The van der Waals surface area contributed by atoms with Crippen LogP contribution in [-0.4, -0.2) is 35.7 Å². The van der Waals surface area contributed by atoms with Crippen LogP contribution in [0.15, 0.2) is 29.8 Å². The van der Waals surface area contributed by atoms with Crippen LogP contribution < -0.4 is 21.3 Å². The van der Waals surface area contributed by atoms with Gasteiger partial charge in [0, 0.05) is 0 Å². The monoisotopic (exact) mass is 356 g/mol. The maximum atomic E-state index is 11.7. The number of carbonyl (C=O) groups is 6. The van der Waals surface area contributed by atoms with Crippen LogP contribution in [0.2, 0.25) is 0 Å². The number of hydrogen-bond donors (Lipinski definition) is 4. The molecule has 2 saturated heterocycles. The van der Waals surface area contributed by atoms with Crippen molar-refractivity contribution in [3.8, 4) is 0 Å². The van der Waals surface area contributed by atoms with Crippen LogP contribution in [0, 0.1) is 5.92 Å². The highest BCUT2D eigenvalue weighted by molar-refractivity contribution is 6.31. The molecule has 2 heterocycles. The summed E-state index contributed by atoms with van der Waals surface area (Å²) in [5.74, 6) is -3.99. The van der Waals surface area contributed by atoms with Crippen molar-refractivity contribution in [1.82, 2.24) is 21.3 Å². The minimum absolute atomic E-state index is 0.0806. The first-order valence-corrected chi connectivity index (χ1v) is 7.46. The lowest BCUT2D eigenvalue weighted by molar-refractivity contribution is -0.136. The Morgan fingerprint density at radius 1 is 0.731 bits per heavy atom. The summed E-state index contributed by atoms with van der Waals surface area (Å²) < 4.78 is 0.